The number of benzene rings is 1. The van der Waals surface area contributed by atoms with Crippen molar-refractivity contribution in [2.75, 3.05) is 11.4 Å². The second-order valence-corrected chi connectivity index (χ2v) is 3.84. The van der Waals surface area contributed by atoms with Crippen molar-refractivity contribution in [3.05, 3.63) is 30.1 Å². The summed E-state index contributed by atoms with van der Waals surface area (Å²) < 4.78 is 12.8. The van der Waals surface area contributed by atoms with Gasteiger partial charge in [0.15, 0.2) is 0 Å². The molecule has 0 spiro atoms. The molecule has 18 heavy (non-hydrogen) atoms. The predicted molar refractivity (Wildman–Crippen MR) is 60.9 cm³/mol. The Hall–Kier alpha value is -2.26. The number of amides is 2. The molecule has 5 nitrogen and oxygen atoms in total. The highest BCUT2D eigenvalue weighted by atomic mass is 19.1. The van der Waals surface area contributed by atoms with Crippen LogP contribution in [-0.4, -0.2) is 24.4 Å². The Morgan fingerprint density at radius 3 is 2.67 bits per heavy atom. The summed E-state index contributed by atoms with van der Waals surface area (Å²) in [5.74, 6) is -1.21. The van der Waals surface area contributed by atoms with Gasteiger partial charge in [0.2, 0.25) is 5.91 Å². The first-order valence-electron chi connectivity index (χ1n) is 5.36. The minimum Gasteiger partial charge on any atom is -0.293 e. The molecule has 0 saturated carbocycles. The van der Waals surface area contributed by atoms with E-state index in [9.17, 15) is 14.0 Å². The number of nitrogens with zero attached hydrogens (tertiary/aromatic N) is 2. The molecule has 0 aliphatic carbocycles. The van der Waals surface area contributed by atoms with Gasteiger partial charge >= 0.3 is 0 Å². The van der Waals surface area contributed by atoms with E-state index in [1.54, 1.807) is 0 Å². The smallest absolute Gasteiger partial charge is 0.251 e. The summed E-state index contributed by atoms with van der Waals surface area (Å²) in [6.45, 7) is 0.000937. The van der Waals surface area contributed by atoms with Crippen LogP contribution in [-0.2, 0) is 9.59 Å². The number of halogens is 1. The van der Waals surface area contributed by atoms with Gasteiger partial charge < -0.3 is 0 Å². The van der Waals surface area contributed by atoms with Crippen LogP contribution >= 0.6 is 0 Å². The van der Waals surface area contributed by atoms with E-state index >= 15 is 0 Å². The largest absolute Gasteiger partial charge is 0.293 e. The van der Waals surface area contributed by atoms with Crippen molar-refractivity contribution in [3.8, 4) is 6.07 Å². The van der Waals surface area contributed by atoms with Gasteiger partial charge in [-0.3, -0.25) is 14.9 Å². The SMILES string of the molecule is N#CCN[C@H]1CC(=O)N(c2ccc(F)cc2)C1=O. The topological polar surface area (TPSA) is 73.2 Å². The van der Waals surface area contributed by atoms with Gasteiger partial charge in [-0.15, -0.1) is 0 Å². The molecule has 0 aromatic heterocycles. The maximum Gasteiger partial charge on any atom is 0.251 e. The molecule has 2 rings (SSSR count). The maximum atomic E-state index is 12.8. The molecule has 1 aliphatic rings. The summed E-state index contributed by atoms with van der Waals surface area (Å²) in [5.41, 5.74) is 0.340. The Kier molecular flexibility index (Phi) is 3.35. The average molecular weight is 247 g/mol. The number of carbonyl (C=O) groups is 2. The van der Waals surface area contributed by atoms with Gasteiger partial charge in [-0.05, 0) is 24.3 Å². The molecule has 1 N–H and O–H groups in total. The van der Waals surface area contributed by atoms with Crippen molar-refractivity contribution in [2.45, 2.75) is 12.5 Å². The van der Waals surface area contributed by atoms with E-state index in [0.717, 1.165) is 4.90 Å². The van der Waals surface area contributed by atoms with E-state index in [-0.39, 0.29) is 18.9 Å². The van der Waals surface area contributed by atoms with Crippen LogP contribution < -0.4 is 10.2 Å². The minimum absolute atomic E-state index is 0.000937. The molecule has 2 amide bonds. The highest BCUT2D eigenvalue weighted by Crippen LogP contribution is 2.22. The molecule has 1 aromatic carbocycles. The summed E-state index contributed by atoms with van der Waals surface area (Å²) in [4.78, 5) is 24.7. The van der Waals surface area contributed by atoms with Crippen molar-refractivity contribution < 1.29 is 14.0 Å². The van der Waals surface area contributed by atoms with Crippen LogP contribution in [0.2, 0.25) is 0 Å². The van der Waals surface area contributed by atoms with Crippen LogP contribution in [0, 0.1) is 17.1 Å². The number of hydrogen-bond acceptors (Lipinski definition) is 4. The van der Waals surface area contributed by atoms with Crippen molar-refractivity contribution >= 4 is 17.5 Å². The molecular weight excluding hydrogens is 237 g/mol. The monoisotopic (exact) mass is 247 g/mol. The molecule has 1 atom stereocenters. The van der Waals surface area contributed by atoms with Gasteiger partial charge in [-0.25, -0.2) is 9.29 Å². The Labute approximate surface area is 103 Å². The van der Waals surface area contributed by atoms with Crippen LogP contribution in [0.25, 0.3) is 0 Å². The van der Waals surface area contributed by atoms with E-state index < -0.39 is 17.8 Å². The van der Waals surface area contributed by atoms with Crippen LogP contribution in [0.4, 0.5) is 10.1 Å². The Bertz CT molecular complexity index is 521. The van der Waals surface area contributed by atoms with Crippen molar-refractivity contribution in [1.29, 1.82) is 5.26 Å². The number of imide groups is 1. The van der Waals surface area contributed by atoms with Crippen molar-refractivity contribution in [3.63, 3.8) is 0 Å². The van der Waals surface area contributed by atoms with E-state index in [1.165, 1.54) is 24.3 Å². The first kappa shape index (κ1) is 12.2. The van der Waals surface area contributed by atoms with E-state index in [4.69, 9.17) is 5.26 Å². The quantitative estimate of drug-likeness (QED) is 0.626. The number of carbonyl (C=O) groups excluding carboxylic acids is 2. The summed E-state index contributed by atoms with van der Waals surface area (Å²) in [7, 11) is 0. The fraction of sp³-hybridized carbons (Fsp3) is 0.250. The van der Waals surface area contributed by atoms with Gasteiger partial charge in [0.25, 0.3) is 5.91 Å². The number of anilines is 1. The Morgan fingerprint density at radius 2 is 2.06 bits per heavy atom. The molecule has 6 heteroatoms. The second-order valence-electron chi connectivity index (χ2n) is 3.84. The van der Waals surface area contributed by atoms with Gasteiger partial charge in [-0.2, -0.15) is 5.26 Å². The zero-order chi connectivity index (χ0) is 13.1. The second kappa shape index (κ2) is 4.94. The molecule has 1 fully saturated rings. The minimum atomic E-state index is -0.679. The van der Waals surface area contributed by atoms with Crippen molar-refractivity contribution in [2.24, 2.45) is 0 Å². The molecule has 0 radical (unpaired) electrons. The Balaban J connectivity index is 2.19. The summed E-state index contributed by atoms with van der Waals surface area (Å²) in [6.07, 6.45) is 0.0118. The van der Waals surface area contributed by atoms with Crippen LogP contribution in [0.1, 0.15) is 6.42 Å². The predicted octanol–water partition coefficient (Wildman–Crippen LogP) is 0.571. The molecule has 1 aliphatic heterocycles. The lowest BCUT2D eigenvalue weighted by Gasteiger charge is -2.14. The van der Waals surface area contributed by atoms with Crippen molar-refractivity contribution in [1.82, 2.24) is 5.32 Å². The first-order chi connectivity index (χ1) is 8.63. The van der Waals surface area contributed by atoms with Crippen LogP contribution in [0.15, 0.2) is 24.3 Å². The lowest BCUT2D eigenvalue weighted by Crippen LogP contribution is -2.38. The third kappa shape index (κ3) is 2.21. The molecule has 1 aromatic rings. The number of nitrogens with one attached hydrogen (secondary N) is 1. The maximum absolute atomic E-state index is 12.8. The normalized spacial score (nSPS) is 19.1. The highest BCUT2D eigenvalue weighted by molar-refractivity contribution is 6.22. The molecule has 92 valence electrons. The van der Waals surface area contributed by atoms with Gasteiger partial charge in [0.05, 0.1) is 30.8 Å². The van der Waals surface area contributed by atoms with Crippen LogP contribution in [0.5, 0.6) is 0 Å². The average Bonchev–Trinajstić information content (AvgIpc) is 2.63. The standard InChI is InChI=1S/C12H10FN3O2/c13-8-1-3-9(4-2-8)16-11(17)7-10(12(16)18)15-6-5-14/h1-4,10,15H,6-7H2/t10-/m0/s1. The molecular formula is C12H10FN3O2. The Morgan fingerprint density at radius 1 is 1.39 bits per heavy atom. The van der Waals surface area contributed by atoms with E-state index in [1.807, 2.05) is 6.07 Å². The molecule has 0 unspecified atom stereocenters. The zero-order valence-corrected chi connectivity index (χ0v) is 9.39. The summed E-state index contributed by atoms with van der Waals surface area (Å²) >= 11 is 0. The number of nitriles is 1. The fourth-order valence-electron chi connectivity index (χ4n) is 1.82. The molecule has 1 saturated heterocycles. The van der Waals surface area contributed by atoms with Gasteiger partial charge in [-0.1, -0.05) is 0 Å². The molecule has 0 bridgehead atoms. The lowest BCUT2D eigenvalue weighted by molar-refractivity contribution is -0.121. The summed E-state index contributed by atoms with van der Waals surface area (Å²) in [5, 5.41) is 11.1. The number of rotatable bonds is 3. The fourth-order valence-corrected chi connectivity index (χ4v) is 1.82. The summed E-state index contributed by atoms with van der Waals surface area (Å²) in [6, 6.07) is 6.29. The zero-order valence-electron chi connectivity index (χ0n) is 9.39. The first-order valence-corrected chi connectivity index (χ1v) is 5.36. The third-order valence-corrected chi connectivity index (χ3v) is 2.66. The van der Waals surface area contributed by atoms with Gasteiger partial charge in [0, 0.05) is 0 Å². The number of hydrogen-bond donors (Lipinski definition) is 1. The van der Waals surface area contributed by atoms with Crippen LogP contribution in [0.3, 0.4) is 0 Å². The lowest BCUT2D eigenvalue weighted by atomic mass is 10.2. The van der Waals surface area contributed by atoms with Gasteiger partial charge in [0.1, 0.15) is 5.82 Å². The van der Waals surface area contributed by atoms with E-state index in [2.05, 4.69) is 5.32 Å². The van der Waals surface area contributed by atoms with E-state index in [0.29, 0.717) is 5.69 Å². The molecule has 1 heterocycles. The third-order valence-electron chi connectivity index (χ3n) is 2.66. The highest BCUT2D eigenvalue weighted by Gasteiger charge is 2.39.